The van der Waals surface area contributed by atoms with Crippen molar-refractivity contribution in [1.29, 1.82) is 0 Å². The Kier molecular flexibility index (Phi) is 6.11. The van der Waals surface area contributed by atoms with Crippen LogP contribution in [0.15, 0.2) is 58.9 Å². The Morgan fingerprint density at radius 3 is 2.79 bits per heavy atom. The summed E-state index contributed by atoms with van der Waals surface area (Å²) in [6, 6.07) is 10.6. The minimum Gasteiger partial charge on any atom is -0.467 e. The molecule has 0 saturated heterocycles. The summed E-state index contributed by atoms with van der Waals surface area (Å²) in [4.78, 5) is 38.3. The first-order chi connectivity index (χ1) is 13.6. The topological polar surface area (TPSA) is 101 Å². The van der Waals surface area contributed by atoms with Crippen molar-refractivity contribution in [1.82, 2.24) is 5.32 Å². The number of carbonyl (C=O) groups is 3. The third-order valence-corrected chi connectivity index (χ3v) is 4.04. The molecule has 1 aromatic heterocycles. The molecular formula is C20H21N3O5. The molecule has 0 atom stereocenters. The fourth-order valence-corrected chi connectivity index (χ4v) is 2.79. The van der Waals surface area contributed by atoms with Crippen LogP contribution in [0.4, 0.5) is 11.4 Å². The lowest BCUT2D eigenvalue weighted by Crippen LogP contribution is -2.39. The van der Waals surface area contributed by atoms with Crippen LogP contribution >= 0.6 is 0 Å². The molecule has 2 aromatic rings. The maximum Gasteiger partial charge on any atom is 0.311 e. The van der Waals surface area contributed by atoms with E-state index in [9.17, 15) is 14.4 Å². The number of rotatable bonds is 7. The maximum absolute atomic E-state index is 12.8. The van der Waals surface area contributed by atoms with E-state index in [2.05, 4.69) is 10.6 Å². The van der Waals surface area contributed by atoms with Gasteiger partial charge < -0.3 is 19.8 Å². The SMILES string of the molecule is CCOC(=O)CC1=CC(=O)N(CC(=O)NCc2ccco2)c2ccccc2N1. The largest absolute Gasteiger partial charge is 0.467 e. The molecule has 2 N–H and O–H groups in total. The minimum atomic E-state index is -0.434. The molecule has 2 heterocycles. The molecule has 0 bridgehead atoms. The normalized spacial score (nSPS) is 13.1. The van der Waals surface area contributed by atoms with Crippen molar-refractivity contribution in [3.05, 3.63) is 60.2 Å². The standard InChI is InChI=1S/C20H21N3O5/c1-2-27-20(26)11-14-10-19(25)23(17-8-4-3-7-16(17)22-14)13-18(24)21-12-15-6-5-9-28-15/h3-10,22H,2,11-13H2,1H3,(H,21,24). The fourth-order valence-electron chi connectivity index (χ4n) is 2.79. The van der Waals surface area contributed by atoms with Crippen LogP contribution in [-0.2, 0) is 25.7 Å². The van der Waals surface area contributed by atoms with Gasteiger partial charge in [-0.25, -0.2) is 0 Å². The molecule has 1 aliphatic rings. The second kappa shape index (κ2) is 8.90. The van der Waals surface area contributed by atoms with Gasteiger partial charge in [0.15, 0.2) is 0 Å². The number of nitrogens with zero attached hydrogens (tertiary/aromatic N) is 1. The van der Waals surface area contributed by atoms with Crippen molar-refractivity contribution in [2.45, 2.75) is 19.9 Å². The highest BCUT2D eigenvalue weighted by Gasteiger charge is 2.25. The highest BCUT2D eigenvalue weighted by atomic mass is 16.5. The van der Waals surface area contributed by atoms with Crippen LogP contribution in [0.3, 0.4) is 0 Å². The molecule has 0 radical (unpaired) electrons. The molecule has 1 aromatic carbocycles. The van der Waals surface area contributed by atoms with Crippen molar-refractivity contribution in [2.75, 3.05) is 23.4 Å². The van der Waals surface area contributed by atoms with Gasteiger partial charge in [0.25, 0.3) is 5.91 Å². The third-order valence-electron chi connectivity index (χ3n) is 4.04. The summed E-state index contributed by atoms with van der Waals surface area (Å²) >= 11 is 0. The number of carbonyl (C=O) groups excluding carboxylic acids is 3. The number of para-hydroxylation sites is 2. The number of hydrogen-bond donors (Lipinski definition) is 2. The van der Waals surface area contributed by atoms with Crippen molar-refractivity contribution in [3.63, 3.8) is 0 Å². The quantitative estimate of drug-likeness (QED) is 0.711. The van der Waals surface area contributed by atoms with Gasteiger partial charge in [0, 0.05) is 11.8 Å². The van der Waals surface area contributed by atoms with Crippen LogP contribution in [0.1, 0.15) is 19.1 Å². The second-order valence-electron chi connectivity index (χ2n) is 6.07. The predicted octanol–water partition coefficient (Wildman–Crippen LogP) is 2.19. The Bertz CT molecular complexity index is 889. The summed E-state index contributed by atoms with van der Waals surface area (Å²) in [6.07, 6.45) is 2.78. The van der Waals surface area contributed by atoms with Crippen LogP contribution in [0.5, 0.6) is 0 Å². The summed E-state index contributed by atoms with van der Waals surface area (Å²) in [7, 11) is 0. The van der Waals surface area contributed by atoms with E-state index in [4.69, 9.17) is 9.15 Å². The van der Waals surface area contributed by atoms with Crippen molar-refractivity contribution >= 4 is 29.2 Å². The monoisotopic (exact) mass is 383 g/mol. The van der Waals surface area contributed by atoms with E-state index in [1.165, 1.54) is 17.2 Å². The van der Waals surface area contributed by atoms with Crippen LogP contribution in [0.2, 0.25) is 0 Å². The molecule has 28 heavy (non-hydrogen) atoms. The number of furan rings is 1. The van der Waals surface area contributed by atoms with Crippen molar-refractivity contribution < 1.29 is 23.5 Å². The van der Waals surface area contributed by atoms with E-state index >= 15 is 0 Å². The number of fused-ring (bicyclic) bond motifs is 1. The zero-order valence-corrected chi connectivity index (χ0v) is 15.4. The highest BCUT2D eigenvalue weighted by molar-refractivity contribution is 6.09. The van der Waals surface area contributed by atoms with E-state index in [0.717, 1.165) is 0 Å². The van der Waals surface area contributed by atoms with E-state index in [1.807, 2.05) is 0 Å². The zero-order valence-electron chi connectivity index (χ0n) is 15.4. The van der Waals surface area contributed by atoms with E-state index in [-0.39, 0.29) is 32.0 Å². The van der Waals surface area contributed by atoms with E-state index < -0.39 is 11.9 Å². The molecule has 0 aliphatic carbocycles. The molecule has 0 unspecified atom stereocenters. The smallest absolute Gasteiger partial charge is 0.311 e. The first kappa shape index (κ1) is 19.2. The van der Waals surface area contributed by atoms with Crippen LogP contribution < -0.4 is 15.5 Å². The summed E-state index contributed by atoms with van der Waals surface area (Å²) in [6.45, 7) is 2.05. The minimum absolute atomic E-state index is 0.0631. The summed E-state index contributed by atoms with van der Waals surface area (Å²) in [5.74, 6) is -0.544. The predicted molar refractivity (Wildman–Crippen MR) is 102 cm³/mol. The van der Waals surface area contributed by atoms with Gasteiger partial charge in [-0.15, -0.1) is 0 Å². The molecule has 8 nitrogen and oxygen atoms in total. The van der Waals surface area contributed by atoms with Gasteiger partial charge in [0.05, 0.1) is 37.2 Å². The molecular weight excluding hydrogens is 362 g/mol. The average molecular weight is 383 g/mol. The molecule has 0 saturated carbocycles. The van der Waals surface area contributed by atoms with Gasteiger partial charge in [-0.3, -0.25) is 19.3 Å². The lowest BCUT2D eigenvalue weighted by Gasteiger charge is -2.21. The van der Waals surface area contributed by atoms with Gasteiger partial charge in [0.1, 0.15) is 12.3 Å². The average Bonchev–Trinajstić information content (AvgIpc) is 3.14. The molecule has 0 spiro atoms. The second-order valence-corrected chi connectivity index (χ2v) is 6.07. The van der Waals surface area contributed by atoms with Crippen LogP contribution in [0.25, 0.3) is 0 Å². The Morgan fingerprint density at radius 1 is 1.21 bits per heavy atom. The van der Waals surface area contributed by atoms with Crippen LogP contribution in [-0.4, -0.2) is 30.9 Å². The van der Waals surface area contributed by atoms with Gasteiger partial charge in [-0.1, -0.05) is 12.1 Å². The highest BCUT2D eigenvalue weighted by Crippen LogP contribution is 2.30. The number of esters is 1. The molecule has 1 aliphatic heterocycles. The van der Waals surface area contributed by atoms with Gasteiger partial charge in [-0.05, 0) is 31.2 Å². The summed E-state index contributed by atoms with van der Waals surface area (Å²) in [5, 5.41) is 5.81. The summed E-state index contributed by atoms with van der Waals surface area (Å²) < 4.78 is 10.1. The first-order valence-corrected chi connectivity index (χ1v) is 8.89. The number of anilines is 2. The lowest BCUT2D eigenvalue weighted by molar-refractivity contribution is -0.142. The Balaban J connectivity index is 1.75. The fraction of sp³-hybridized carbons (Fsp3) is 0.250. The van der Waals surface area contributed by atoms with Gasteiger partial charge >= 0.3 is 5.97 Å². The number of ether oxygens (including phenoxy) is 1. The lowest BCUT2D eigenvalue weighted by atomic mass is 10.2. The van der Waals surface area contributed by atoms with Crippen molar-refractivity contribution in [2.24, 2.45) is 0 Å². The Labute approximate surface area is 162 Å². The van der Waals surface area contributed by atoms with Gasteiger partial charge in [-0.2, -0.15) is 0 Å². The first-order valence-electron chi connectivity index (χ1n) is 8.89. The van der Waals surface area contributed by atoms with Crippen molar-refractivity contribution in [3.8, 4) is 0 Å². The Morgan fingerprint density at radius 2 is 2.04 bits per heavy atom. The zero-order chi connectivity index (χ0) is 19.9. The number of benzene rings is 1. The summed E-state index contributed by atoms with van der Waals surface area (Å²) in [5.41, 5.74) is 1.59. The number of nitrogens with one attached hydrogen (secondary N) is 2. The number of hydrogen-bond acceptors (Lipinski definition) is 6. The molecule has 3 rings (SSSR count). The third kappa shape index (κ3) is 4.79. The van der Waals surface area contributed by atoms with E-state index in [1.54, 1.807) is 43.3 Å². The molecule has 2 amide bonds. The molecule has 8 heteroatoms. The number of amides is 2. The van der Waals surface area contributed by atoms with Crippen LogP contribution in [0, 0.1) is 0 Å². The maximum atomic E-state index is 12.8. The van der Waals surface area contributed by atoms with E-state index in [0.29, 0.717) is 22.8 Å². The molecule has 146 valence electrons. The van der Waals surface area contributed by atoms with Gasteiger partial charge in [0.2, 0.25) is 5.91 Å². The molecule has 0 fully saturated rings. The Hall–Kier alpha value is -3.55.